The minimum absolute atomic E-state index is 0.0321. The Balaban J connectivity index is 1.94. The van der Waals surface area contributed by atoms with Crippen molar-refractivity contribution in [3.05, 3.63) is 59.9 Å². The Hall–Kier alpha value is -2.46. The van der Waals surface area contributed by atoms with Gasteiger partial charge in [0.25, 0.3) is 0 Å². The van der Waals surface area contributed by atoms with Gasteiger partial charge in [0.05, 0.1) is 18.3 Å². The van der Waals surface area contributed by atoms with Gasteiger partial charge in [0.15, 0.2) is 0 Å². The molecule has 0 spiro atoms. The number of fused-ring (bicyclic) bond motifs is 1. The SMILES string of the molecule is Cc1cc(CO)cc(Oc2cnc3ccccc3c2)n1. The smallest absolute Gasteiger partial charge is 0.219 e. The standard InChI is InChI=1S/C16H14N2O2/c1-11-6-12(10-19)7-16(18-11)20-14-8-13-4-2-3-5-15(13)17-9-14/h2-9,19H,10H2,1H3. The van der Waals surface area contributed by atoms with Gasteiger partial charge < -0.3 is 9.84 Å². The Morgan fingerprint density at radius 3 is 2.85 bits per heavy atom. The molecule has 0 aliphatic rings. The summed E-state index contributed by atoms with van der Waals surface area (Å²) >= 11 is 0. The second kappa shape index (κ2) is 5.27. The van der Waals surface area contributed by atoms with Crippen molar-refractivity contribution in [1.29, 1.82) is 0 Å². The molecule has 0 saturated carbocycles. The molecule has 2 aromatic heterocycles. The maximum absolute atomic E-state index is 9.20. The van der Waals surface area contributed by atoms with Crippen LogP contribution in [0, 0.1) is 6.92 Å². The predicted molar refractivity (Wildman–Crippen MR) is 76.7 cm³/mol. The first-order valence-corrected chi connectivity index (χ1v) is 6.36. The number of aliphatic hydroxyl groups is 1. The van der Waals surface area contributed by atoms with Crippen LogP contribution in [0.2, 0.25) is 0 Å². The summed E-state index contributed by atoms with van der Waals surface area (Å²) in [5, 5.41) is 10.2. The monoisotopic (exact) mass is 266 g/mol. The fraction of sp³-hybridized carbons (Fsp3) is 0.125. The zero-order chi connectivity index (χ0) is 13.9. The number of ether oxygens (including phenoxy) is 1. The molecule has 0 aliphatic heterocycles. The van der Waals surface area contributed by atoms with E-state index >= 15 is 0 Å². The number of benzene rings is 1. The zero-order valence-corrected chi connectivity index (χ0v) is 11.1. The van der Waals surface area contributed by atoms with Crippen LogP contribution in [0.15, 0.2) is 48.7 Å². The van der Waals surface area contributed by atoms with Gasteiger partial charge in [-0.1, -0.05) is 18.2 Å². The molecule has 0 aliphatic carbocycles. The molecule has 100 valence electrons. The van der Waals surface area contributed by atoms with Crippen LogP contribution in [0.3, 0.4) is 0 Å². The van der Waals surface area contributed by atoms with Crippen molar-refractivity contribution in [2.45, 2.75) is 13.5 Å². The number of para-hydroxylation sites is 1. The highest BCUT2D eigenvalue weighted by molar-refractivity contribution is 5.79. The van der Waals surface area contributed by atoms with Gasteiger partial charge in [-0.25, -0.2) is 4.98 Å². The fourth-order valence-corrected chi connectivity index (χ4v) is 2.08. The van der Waals surface area contributed by atoms with E-state index in [1.807, 2.05) is 43.3 Å². The van der Waals surface area contributed by atoms with Crippen molar-refractivity contribution in [1.82, 2.24) is 9.97 Å². The molecule has 3 rings (SSSR count). The maximum atomic E-state index is 9.20. The lowest BCUT2D eigenvalue weighted by atomic mass is 10.2. The van der Waals surface area contributed by atoms with Crippen LogP contribution in [0.25, 0.3) is 10.9 Å². The van der Waals surface area contributed by atoms with Crippen LogP contribution in [0.5, 0.6) is 11.6 Å². The molecular formula is C16H14N2O2. The van der Waals surface area contributed by atoms with E-state index < -0.39 is 0 Å². The zero-order valence-electron chi connectivity index (χ0n) is 11.1. The van der Waals surface area contributed by atoms with Crippen LogP contribution in [-0.2, 0) is 6.61 Å². The topological polar surface area (TPSA) is 55.2 Å². The summed E-state index contributed by atoms with van der Waals surface area (Å²) < 4.78 is 5.73. The summed E-state index contributed by atoms with van der Waals surface area (Å²) in [4.78, 5) is 8.64. The van der Waals surface area contributed by atoms with Gasteiger partial charge in [-0.05, 0) is 30.7 Å². The number of aromatic nitrogens is 2. The molecule has 0 amide bonds. The summed E-state index contributed by atoms with van der Waals surface area (Å²) in [7, 11) is 0. The Bertz CT molecular complexity index is 756. The third-order valence-corrected chi connectivity index (χ3v) is 2.96. The van der Waals surface area contributed by atoms with Gasteiger partial charge >= 0.3 is 0 Å². The van der Waals surface area contributed by atoms with Gasteiger partial charge in [-0.15, -0.1) is 0 Å². The van der Waals surface area contributed by atoms with Crippen LogP contribution >= 0.6 is 0 Å². The number of rotatable bonds is 3. The second-order valence-corrected chi connectivity index (χ2v) is 4.58. The lowest BCUT2D eigenvalue weighted by molar-refractivity contribution is 0.281. The van der Waals surface area contributed by atoms with Crippen molar-refractivity contribution < 1.29 is 9.84 Å². The van der Waals surface area contributed by atoms with Crippen molar-refractivity contribution in [3.8, 4) is 11.6 Å². The molecule has 4 nitrogen and oxygen atoms in total. The van der Waals surface area contributed by atoms with Crippen molar-refractivity contribution in [2.75, 3.05) is 0 Å². The quantitative estimate of drug-likeness (QED) is 0.790. The van der Waals surface area contributed by atoms with Crippen LogP contribution < -0.4 is 4.74 Å². The van der Waals surface area contributed by atoms with E-state index in [0.717, 1.165) is 22.2 Å². The third kappa shape index (κ3) is 2.60. The highest BCUT2D eigenvalue weighted by atomic mass is 16.5. The summed E-state index contributed by atoms with van der Waals surface area (Å²) in [6.45, 7) is 1.83. The number of nitrogens with zero attached hydrogens (tertiary/aromatic N) is 2. The van der Waals surface area contributed by atoms with Crippen molar-refractivity contribution >= 4 is 10.9 Å². The first kappa shape index (κ1) is 12.6. The maximum Gasteiger partial charge on any atom is 0.219 e. The van der Waals surface area contributed by atoms with E-state index in [1.165, 1.54) is 0 Å². The molecule has 1 N–H and O–H groups in total. The number of hydrogen-bond donors (Lipinski definition) is 1. The number of pyridine rings is 2. The van der Waals surface area contributed by atoms with Gasteiger partial charge in [-0.2, -0.15) is 0 Å². The Morgan fingerprint density at radius 1 is 1.15 bits per heavy atom. The van der Waals surface area contributed by atoms with Crippen LogP contribution in [0.4, 0.5) is 0 Å². The van der Waals surface area contributed by atoms with E-state index in [2.05, 4.69) is 9.97 Å². The van der Waals surface area contributed by atoms with Gasteiger partial charge in [0.1, 0.15) is 5.75 Å². The van der Waals surface area contributed by atoms with E-state index in [-0.39, 0.29) is 6.61 Å². The summed E-state index contributed by atoms with van der Waals surface area (Å²) in [5.74, 6) is 1.09. The van der Waals surface area contributed by atoms with E-state index in [4.69, 9.17) is 4.74 Å². The van der Waals surface area contributed by atoms with Crippen LogP contribution in [0.1, 0.15) is 11.3 Å². The highest BCUT2D eigenvalue weighted by Crippen LogP contribution is 2.23. The molecule has 0 fully saturated rings. The fourth-order valence-electron chi connectivity index (χ4n) is 2.08. The summed E-state index contributed by atoms with van der Waals surface area (Å²) in [6.07, 6.45) is 1.67. The Kier molecular flexibility index (Phi) is 3.31. The normalized spacial score (nSPS) is 10.7. The molecule has 1 aromatic carbocycles. The second-order valence-electron chi connectivity index (χ2n) is 4.58. The summed E-state index contributed by atoms with van der Waals surface area (Å²) in [5.41, 5.74) is 2.51. The number of aliphatic hydroxyl groups excluding tert-OH is 1. The van der Waals surface area contributed by atoms with Crippen LogP contribution in [-0.4, -0.2) is 15.1 Å². The first-order chi connectivity index (χ1) is 9.74. The molecule has 0 atom stereocenters. The first-order valence-electron chi connectivity index (χ1n) is 6.36. The van der Waals surface area contributed by atoms with Crippen molar-refractivity contribution in [2.24, 2.45) is 0 Å². The molecule has 3 aromatic rings. The molecule has 20 heavy (non-hydrogen) atoms. The summed E-state index contributed by atoms with van der Waals surface area (Å²) in [6, 6.07) is 13.3. The van der Waals surface area contributed by atoms with E-state index in [1.54, 1.807) is 12.3 Å². The van der Waals surface area contributed by atoms with Gasteiger partial charge in [0.2, 0.25) is 5.88 Å². The molecule has 0 bridgehead atoms. The molecule has 0 radical (unpaired) electrons. The largest absolute Gasteiger partial charge is 0.437 e. The van der Waals surface area contributed by atoms with E-state index in [9.17, 15) is 5.11 Å². The average molecular weight is 266 g/mol. The molecule has 4 heteroatoms. The lowest BCUT2D eigenvalue weighted by Gasteiger charge is -2.07. The molecular weight excluding hydrogens is 252 g/mol. The van der Waals surface area contributed by atoms with Gasteiger partial charge in [-0.3, -0.25) is 4.98 Å². The Morgan fingerprint density at radius 2 is 2.00 bits per heavy atom. The van der Waals surface area contributed by atoms with Crippen molar-refractivity contribution in [3.63, 3.8) is 0 Å². The van der Waals surface area contributed by atoms with Gasteiger partial charge in [0, 0.05) is 17.1 Å². The minimum atomic E-state index is -0.0321. The number of hydrogen-bond acceptors (Lipinski definition) is 4. The van der Waals surface area contributed by atoms with E-state index in [0.29, 0.717) is 11.6 Å². The molecule has 2 heterocycles. The minimum Gasteiger partial charge on any atom is -0.437 e. The third-order valence-electron chi connectivity index (χ3n) is 2.96. The Labute approximate surface area is 116 Å². The lowest BCUT2D eigenvalue weighted by Crippen LogP contribution is -1.94. The number of aryl methyl sites for hydroxylation is 1. The predicted octanol–water partition coefficient (Wildman–Crippen LogP) is 3.22. The highest BCUT2D eigenvalue weighted by Gasteiger charge is 2.04. The molecule has 0 unspecified atom stereocenters. The molecule has 0 saturated heterocycles. The average Bonchev–Trinajstić information content (AvgIpc) is 2.46.